The summed E-state index contributed by atoms with van der Waals surface area (Å²) in [5.41, 5.74) is 1.56. The number of carbonyl (C=O) groups excluding carboxylic acids is 3. The highest BCUT2D eigenvalue weighted by Gasteiger charge is 2.13. The maximum atomic E-state index is 12.4. The lowest BCUT2D eigenvalue weighted by Gasteiger charge is -2.09. The minimum absolute atomic E-state index is 0.0160. The van der Waals surface area contributed by atoms with Gasteiger partial charge in [0, 0.05) is 30.3 Å². The van der Waals surface area contributed by atoms with Crippen LogP contribution in [0.25, 0.3) is 0 Å². The third kappa shape index (κ3) is 5.54. The first kappa shape index (κ1) is 22.2. The van der Waals surface area contributed by atoms with Crippen LogP contribution < -0.4 is 15.4 Å². The molecule has 0 unspecified atom stereocenters. The van der Waals surface area contributed by atoms with Crippen molar-refractivity contribution < 1.29 is 34.4 Å². The lowest BCUT2D eigenvalue weighted by Crippen LogP contribution is -2.22. The number of anilines is 1. The second kappa shape index (κ2) is 9.52. The van der Waals surface area contributed by atoms with E-state index in [1.54, 1.807) is 42.5 Å². The Hall–Kier alpha value is -4.53. The van der Waals surface area contributed by atoms with Crippen molar-refractivity contribution in [1.82, 2.24) is 5.32 Å². The van der Waals surface area contributed by atoms with Gasteiger partial charge in [0.15, 0.2) is 17.2 Å². The fourth-order valence-electron chi connectivity index (χ4n) is 2.80. The Balaban J connectivity index is 1.59. The van der Waals surface area contributed by atoms with E-state index in [0.29, 0.717) is 11.3 Å². The van der Waals surface area contributed by atoms with Gasteiger partial charge < -0.3 is 30.7 Å². The molecule has 164 valence electrons. The molecule has 5 N–H and O–H groups in total. The number of ether oxygens (including phenoxy) is 1. The summed E-state index contributed by atoms with van der Waals surface area (Å²) in [5.74, 6) is -3.05. The van der Waals surface area contributed by atoms with Gasteiger partial charge in [0.1, 0.15) is 5.75 Å². The van der Waals surface area contributed by atoms with Gasteiger partial charge in [-0.25, -0.2) is 0 Å². The van der Waals surface area contributed by atoms with Crippen molar-refractivity contribution >= 4 is 23.5 Å². The van der Waals surface area contributed by atoms with Crippen LogP contribution in [0.15, 0.2) is 60.7 Å². The van der Waals surface area contributed by atoms with E-state index in [1.807, 2.05) is 0 Å². The second-order valence-corrected chi connectivity index (χ2v) is 6.82. The largest absolute Gasteiger partial charge is 0.504 e. The van der Waals surface area contributed by atoms with Crippen molar-refractivity contribution in [2.24, 2.45) is 0 Å². The highest BCUT2D eigenvalue weighted by molar-refractivity contribution is 6.04. The molecule has 9 heteroatoms. The molecule has 0 aliphatic carbocycles. The molecule has 3 aromatic rings. The van der Waals surface area contributed by atoms with Crippen molar-refractivity contribution in [3.8, 4) is 23.0 Å². The zero-order valence-electron chi connectivity index (χ0n) is 17.0. The van der Waals surface area contributed by atoms with Crippen LogP contribution in [0.1, 0.15) is 33.2 Å². The zero-order valence-corrected chi connectivity index (χ0v) is 17.0. The van der Waals surface area contributed by atoms with Crippen LogP contribution in [0.3, 0.4) is 0 Å². The topological polar surface area (TPSA) is 145 Å². The SMILES string of the molecule is CC(=O)Oc1cccc(C(=O)Nc2ccc(CNC(=O)c3cc(O)c(O)c(O)c3)cc2)c1. The highest BCUT2D eigenvalue weighted by atomic mass is 16.5. The molecule has 3 aromatic carbocycles. The van der Waals surface area contributed by atoms with E-state index in [4.69, 9.17) is 4.74 Å². The fraction of sp³-hybridized carbons (Fsp3) is 0.0870. The standard InChI is InChI=1S/C23H20N2O7/c1-13(26)32-18-4-2-3-15(9-18)23(31)25-17-7-5-14(6-8-17)12-24-22(30)16-10-19(27)21(29)20(28)11-16/h2-11,27-29H,12H2,1H3,(H,24,30)(H,25,31). The Morgan fingerprint density at radius 3 is 2.12 bits per heavy atom. The second-order valence-electron chi connectivity index (χ2n) is 6.82. The summed E-state index contributed by atoms with van der Waals surface area (Å²) in [6, 6.07) is 15.0. The molecule has 0 fully saturated rings. The maximum Gasteiger partial charge on any atom is 0.308 e. The zero-order chi connectivity index (χ0) is 23.3. The lowest BCUT2D eigenvalue weighted by molar-refractivity contribution is -0.131. The van der Waals surface area contributed by atoms with Gasteiger partial charge in [-0.15, -0.1) is 0 Å². The number of hydrogen-bond donors (Lipinski definition) is 5. The molecule has 32 heavy (non-hydrogen) atoms. The van der Waals surface area contributed by atoms with Crippen LogP contribution in [0.4, 0.5) is 5.69 Å². The molecule has 0 saturated heterocycles. The van der Waals surface area contributed by atoms with E-state index in [1.165, 1.54) is 13.0 Å². The molecule has 0 aromatic heterocycles. The summed E-state index contributed by atoms with van der Waals surface area (Å²) < 4.78 is 4.97. The monoisotopic (exact) mass is 436 g/mol. The molecule has 0 heterocycles. The molecule has 0 radical (unpaired) electrons. The number of phenols is 3. The molecule has 0 spiro atoms. The molecule has 0 saturated carbocycles. The van der Waals surface area contributed by atoms with Crippen LogP contribution >= 0.6 is 0 Å². The average Bonchev–Trinajstić information content (AvgIpc) is 2.76. The predicted molar refractivity (Wildman–Crippen MR) is 115 cm³/mol. The number of amides is 2. The average molecular weight is 436 g/mol. The van der Waals surface area contributed by atoms with Crippen molar-refractivity contribution in [2.75, 3.05) is 5.32 Å². The van der Waals surface area contributed by atoms with Crippen molar-refractivity contribution in [1.29, 1.82) is 0 Å². The van der Waals surface area contributed by atoms with Crippen molar-refractivity contribution in [3.05, 3.63) is 77.4 Å². The van der Waals surface area contributed by atoms with Crippen molar-refractivity contribution in [3.63, 3.8) is 0 Å². The van der Waals surface area contributed by atoms with E-state index in [-0.39, 0.29) is 23.8 Å². The minimum Gasteiger partial charge on any atom is -0.504 e. The summed E-state index contributed by atoms with van der Waals surface area (Å²) in [4.78, 5) is 35.7. The van der Waals surface area contributed by atoms with Crippen molar-refractivity contribution in [2.45, 2.75) is 13.5 Å². The summed E-state index contributed by atoms with van der Waals surface area (Å²) in [6.45, 7) is 1.43. The lowest BCUT2D eigenvalue weighted by atomic mass is 10.1. The summed E-state index contributed by atoms with van der Waals surface area (Å²) in [5, 5.41) is 33.7. The van der Waals surface area contributed by atoms with E-state index in [0.717, 1.165) is 17.7 Å². The number of rotatable bonds is 6. The van der Waals surface area contributed by atoms with Gasteiger partial charge in [0.05, 0.1) is 0 Å². The number of hydrogen-bond acceptors (Lipinski definition) is 7. The number of benzene rings is 3. The molecule has 0 aliphatic heterocycles. The van der Waals surface area contributed by atoms with E-state index >= 15 is 0 Å². The van der Waals surface area contributed by atoms with Crippen LogP contribution in [-0.2, 0) is 11.3 Å². The summed E-state index contributed by atoms with van der Waals surface area (Å²) in [7, 11) is 0. The Labute approximate surface area is 182 Å². The van der Waals surface area contributed by atoms with Crippen LogP contribution in [0.2, 0.25) is 0 Å². The van der Waals surface area contributed by atoms with Gasteiger partial charge in [-0.2, -0.15) is 0 Å². The maximum absolute atomic E-state index is 12.4. The number of aromatic hydroxyl groups is 3. The summed E-state index contributed by atoms with van der Waals surface area (Å²) in [6.07, 6.45) is 0. The smallest absolute Gasteiger partial charge is 0.308 e. The molecule has 3 rings (SSSR count). The third-order valence-corrected chi connectivity index (χ3v) is 4.35. The number of nitrogens with one attached hydrogen (secondary N) is 2. The Bertz CT molecular complexity index is 1150. The predicted octanol–water partition coefficient (Wildman–Crippen LogP) is 2.91. The first-order chi connectivity index (χ1) is 15.2. The van der Waals surface area contributed by atoms with Crippen LogP contribution in [-0.4, -0.2) is 33.1 Å². The minimum atomic E-state index is -0.697. The third-order valence-electron chi connectivity index (χ3n) is 4.35. The van der Waals surface area contributed by atoms with Gasteiger partial charge in [-0.05, 0) is 48.0 Å². The molecule has 0 atom stereocenters. The molecule has 0 bridgehead atoms. The summed E-state index contributed by atoms with van der Waals surface area (Å²) >= 11 is 0. The fourth-order valence-corrected chi connectivity index (χ4v) is 2.80. The first-order valence-electron chi connectivity index (χ1n) is 9.45. The van der Waals surface area contributed by atoms with E-state index in [9.17, 15) is 29.7 Å². The van der Waals surface area contributed by atoms with E-state index < -0.39 is 29.1 Å². The molecular formula is C23H20N2O7. The normalized spacial score (nSPS) is 10.3. The Morgan fingerprint density at radius 2 is 1.50 bits per heavy atom. The van der Waals surface area contributed by atoms with Gasteiger partial charge in [-0.1, -0.05) is 18.2 Å². The Morgan fingerprint density at radius 1 is 0.844 bits per heavy atom. The van der Waals surface area contributed by atoms with Crippen LogP contribution in [0.5, 0.6) is 23.0 Å². The molecule has 9 nitrogen and oxygen atoms in total. The molecule has 0 aliphatic rings. The van der Waals surface area contributed by atoms with Crippen LogP contribution in [0, 0.1) is 0 Å². The number of phenolic OH excluding ortho intramolecular Hbond substituents is 3. The molecular weight excluding hydrogens is 416 g/mol. The van der Waals surface area contributed by atoms with Gasteiger partial charge in [0.25, 0.3) is 11.8 Å². The van der Waals surface area contributed by atoms with Gasteiger partial charge in [-0.3, -0.25) is 14.4 Å². The Kier molecular flexibility index (Phi) is 6.59. The highest BCUT2D eigenvalue weighted by Crippen LogP contribution is 2.35. The quantitative estimate of drug-likeness (QED) is 0.227. The van der Waals surface area contributed by atoms with E-state index in [2.05, 4.69) is 10.6 Å². The molecule has 2 amide bonds. The number of carbonyl (C=O) groups is 3. The van der Waals surface area contributed by atoms with Gasteiger partial charge >= 0.3 is 5.97 Å². The first-order valence-corrected chi connectivity index (χ1v) is 9.45. The van der Waals surface area contributed by atoms with Gasteiger partial charge in [0.2, 0.25) is 0 Å². The number of esters is 1.